The van der Waals surface area contributed by atoms with Gasteiger partial charge in [-0.1, -0.05) is 32.9 Å². The lowest BCUT2D eigenvalue weighted by Crippen LogP contribution is -2.28. The second-order valence-electron chi connectivity index (χ2n) is 5.50. The quantitative estimate of drug-likeness (QED) is 0.481. The number of para-hydroxylation sites is 1. The van der Waals surface area contributed by atoms with E-state index in [4.69, 9.17) is 13.9 Å². The van der Waals surface area contributed by atoms with Gasteiger partial charge in [-0.15, -0.1) is 5.10 Å². The fourth-order valence-electron chi connectivity index (χ4n) is 2.39. The highest BCUT2D eigenvalue weighted by atomic mass is 79.9. The van der Waals surface area contributed by atoms with E-state index in [9.17, 15) is 4.57 Å². The Morgan fingerprint density at radius 1 is 1.50 bits per heavy atom. The summed E-state index contributed by atoms with van der Waals surface area (Å²) in [5, 5.41) is 8.57. The van der Waals surface area contributed by atoms with Crippen molar-refractivity contribution in [3.8, 4) is 0 Å². The molecular formula is C14H20BrN4O4P. The maximum atomic E-state index is 13.3. The van der Waals surface area contributed by atoms with E-state index in [1.807, 2.05) is 18.2 Å². The van der Waals surface area contributed by atoms with Crippen LogP contribution in [0, 0.1) is 0 Å². The fourth-order valence-corrected chi connectivity index (χ4v) is 4.58. The zero-order valence-electron chi connectivity index (χ0n) is 13.4. The van der Waals surface area contributed by atoms with Crippen molar-refractivity contribution in [1.82, 2.24) is 19.8 Å². The largest absolute Gasteiger partial charge is 0.481 e. The van der Waals surface area contributed by atoms with Crippen molar-refractivity contribution < 1.29 is 18.5 Å². The van der Waals surface area contributed by atoms with E-state index in [0.717, 1.165) is 17.7 Å². The molecule has 1 aliphatic heterocycles. The van der Waals surface area contributed by atoms with Crippen LogP contribution < -0.4 is 4.62 Å². The van der Waals surface area contributed by atoms with E-state index in [-0.39, 0.29) is 12.7 Å². The molecule has 132 valence electrons. The van der Waals surface area contributed by atoms with Crippen LogP contribution in [0.4, 0.5) is 0 Å². The lowest BCUT2D eigenvalue weighted by Gasteiger charge is -2.26. The molecule has 0 bridgehead atoms. The Morgan fingerprint density at radius 2 is 2.33 bits per heavy atom. The summed E-state index contributed by atoms with van der Waals surface area (Å²) in [5.41, 5.74) is 1.29. The summed E-state index contributed by atoms with van der Waals surface area (Å²) in [5.74, 6) is 0. The maximum Gasteiger partial charge on any atom is 0.481 e. The van der Waals surface area contributed by atoms with Gasteiger partial charge in [0.1, 0.15) is 11.0 Å². The first-order valence-electron chi connectivity index (χ1n) is 7.77. The second kappa shape index (κ2) is 7.93. The predicted octanol–water partition coefficient (Wildman–Crippen LogP) is 2.49. The van der Waals surface area contributed by atoms with E-state index in [1.165, 1.54) is 0 Å². The van der Waals surface area contributed by atoms with E-state index in [1.54, 1.807) is 17.8 Å². The minimum absolute atomic E-state index is 0.0493. The first-order valence-corrected chi connectivity index (χ1v) is 10.4. The van der Waals surface area contributed by atoms with Gasteiger partial charge in [0.05, 0.1) is 12.7 Å². The van der Waals surface area contributed by atoms with Crippen LogP contribution in [0.1, 0.15) is 12.8 Å². The van der Waals surface area contributed by atoms with Crippen LogP contribution in [0.15, 0.2) is 24.3 Å². The fraction of sp³-hybridized carbons (Fsp3) is 0.571. The third-order valence-corrected chi connectivity index (χ3v) is 6.00. The second-order valence-corrected chi connectivity index (χ2v) is 8.34. The summed E-state index contributed by atoms with van der Waals surface area (Å²) in [6, 6.07) is 7.30. The number of hydrogen-bond donors (Lipinski definition) is 0. The SMILES string of the molecule is CN(CCBr)P(=O)(OC[C@@H]1CCCO1)On1nnc2ccccc21. The lowest BCUT2D eigenvalue weighted by molar-refractivity contribution is 0.0492. The van der Waals surface area contributed by atoms with Crippen molar-refractivity contribution in [2.45, 2.75) is 18.9 Å². The summed E-state index contributed by atoms with van der Waals surface area (Å²) >= 11 is 3.34. The number of fused-ring (bicyclic) bond motifs is 1. The van der Waals surface area contributed by atoms with E-state index in [0.29, 0.717) is 29.5 Å². The van der Waals surface area contributed by atoms with E-state index >= 15 is 0 Å². The van der Waals surface area contributed by atoms with Crippen LogP contribution in [-0.2, 0) is 13.8 Å². The van der Waals surface area contributed by atoms with Gasteiger partial charge in [0.25, 0.3) is 0 Å². The van der Waals surface area contributed by atoms with Gasteiger partial charge in [0.15, 0.2) is 0 Å². The first kappa shape index (κ1) is 17.8. The normalized spacial score (nSPS) is 20.5. The van der Waals surface area contributed by atoms with Gasteiger partial charge in [-0.25, -0.2) is 4.57 Å². The average molecular weight is 419 g/mol. The molecule has 1 aliphatic rings. The molecule has 10 heteroatoms. The molecule has 1 fully saturated rings. The highest BCUT2D eigenvalue weighted by Crippen LogP contribution is 2.48. The molecule has 3 rings (SSSR count). The van der Waals surface area contributed by atoms with Gasteiger partial charge < -0.3 is 9.36 Å². The van der Waals surface area contributed by atoms with Crippen LogP contribution in [0.2, 0.25) is 0 Å². The molecule has 0 amide bonds. The zero-order chi connectivity index (χ0) is 17.0. The Morgan fingerprint density at radius 3 is 3.08 bits per heavy atom. The third kappa shape index (κ3) is 3.97. The molecule has 0 radical (unpaired) electrons. The van der Waals surface area contributed by atoms with Crippen LogP contribution in [0.25, 0.3) is 11.0 Å². The summed E-state index contributed by atoms with van der Waals surface area (Å²) in [4.78, 5) is 1.16. The molecule has 2 atom stereocenters. The summed E-state index contributed by atoms with van der Waals surface area (Å²) in [6.07, 6.45) is 1.84. The predicted molar refractivity (Wildman–Crippen MR) is 93.1 cm³/mol. The van der Waals surface area contributed by atoms with Gasteiger partial charge in [-0.3, -0.25) is 4.52 Å². The third-order valence-electron chi connectivity index (χ3n) is 3.78. The van der Waals surface area contributed by atoms with Crippen molar-refractivity contribution in [2.75, 3.05) is 32.1 Å². The number of rotatable bonds is 8. The van der Waals surface area contributed by atoms with E-state index in [2.05, 4.69) is 26.2 Å². The number of benzene rings is 1. The molecule has 1 aromatic carbocycles. The molecule has 24 heavy (non-hydrogen) atoms. The van der Waals surface area contributed by atoms with Crippen LogP contribution in [-0.4, -0.2) is 58.1 Å². The zero-order valence-corrected chi connectivity index (χ0v) is 15.9. The minimum Gasteiger partial charge on any atom is -0.376 e. The Hall–Kier alpha value is -0.990. The number of halogens is 1. The average Bonchev–Trinajstić information content (AvgIpc) is 3.24. The molecule has 2 heterocycles. The van der Waals surface area contributed by atoms with Crippen molar-refractivity contribution in [1.29, 1.82) is 0 Å². The number of hydrogen-bond acceptors (Lipinski definition) is 6. The Labute approximate surface area is 148 Å². The van der Waals surface area contributed by atoms with Crippen molar-refractivity contribution in [3.05, 3.63) is 24.3 Å². The standard InChI is InChI=1S/C14H20BrN4O4P/c1-18(9-8-15)24(20,22-11-12-5-4-10-21-12)23-19-14-7-3-2-6-13(14)16-17-19/h2-3,6-7,12H,4-5,8-11H2,1H3/t12-,24?/m0/s1. The summed E-state index contributed by atoms with van der Waals surface area (Å²) in [7, 11) is -1.90. The van der Waals surface area contributed by atoms with Crippen LogP contribution in [0.5, 0.6) is 0 Å². The Bertz CT molecular complexity index is 722. The highest BCUT2D eigenvalue weighted by molar-refractivity contribution is 9.09. The summed E-state index contributed by atoms with van der Waals surface area (Å²) in [6.45, 7) is 1.43. The molecule has 2 aromatic rings. The maximum absolute atomic E-state index is 13.3. The van der Waals surface area contributed by atoms with Gasteiger partial charge in [0, 0.05) is 18.5 Å². The molecule has 0 saturated carbocycles. The monoisotopic (exact) mass is 418 g/mol. The molecule has 8 nitrogen and oxygen atoms in total. The number of nitrogens with zero attached hydrogens (tertiary/aromatic N) is 4. The molecule has 0 spiro atoms. The van der Waals surface area contributed by atoms with Crippen molar-refractivity contribution in [2.24, 2.45) is 0 Å². The van der Waals surface area contributed by atoms with E-state index < -0.39 is 7.75 Å². The van der Waals surface area contributed by atoms with Gasteiger partial charge >= 0.3 is 7.75 Å². The number of alkyl halides is 1. The molecule has 1 unspecified atom stereocenters. The Balaban J connectivity index is 1.79. The van der Waals surface area contributed by atoms with Gasteiger partial charge in [0.2, 0.25) is 0 Å². The highest BCUT2D eigenvalue weighted by Gasteiger charge is 2.35. The molecule has 1 saturated heterocycles. The lowest BCUT2D eigenvalue weighted by atomic mass is 10.2. The first-order chi connectivity index (χ1) is 11.6. The van der Waals surface area contributed by atoms with Gasteiger partial charge in [-0.2, -0.15) is 4.67 Å². The van der Waals surface area contributed by atoms with Gasteiger partial charge in [-0.05, 0) is 37.2 Å². The topological polar surface area (TPSA) is 78.7 Å². The smallest absolute Gasteiger partial charge is 0.376 e. The van der Waals surface area contributed by atoms with Crippen LogP contribution >= 0.6 is 23.7 Å². The molecular weight excluding hydrogens is 399 g/mol. The molecule has 0 N–H and O–H groups in total. The van der Waals surface area contributed by atoms with Crippen molar-refractivity contribution in [3.63, 3.8) is 0 Å². The molecule has 1 aromatic heterocycles. The minimum atomic E-state index is -3.59. The van der Waals surface area contributed by atoms with Crippen LogP contribution in [0.3, 0.4) is 0 Å². The number of aromatic nitrogens is 3. The van der Waals surface area contributed by atoms with Crippen molar-refractivity contribution >= 4 is 34.7 Å². The summed E-state index contributed by atoms with van der Waals surface area (Å²) < 4.78 is 31.7. The Kier molecular flexibility index (Phi) is 5.89. The number of ether oxygens (including phenoxy) is 1. The molecule has 0 aliphatic carbocycles.